The van der Waals surface area contributed by atoms with E-state index < -0.39 is 0 Å². The number of nitrogens with one attached hydrogen (secondary N) is 1. The molecule has 150 valence electrons. The summed E-state index contributed by atoms with van der Waals surface area (Å²) < 4.78 is 8.04. The number of amides is 1. The van der Waals surface area contributed by atoms with Crippen LogP contribution in [0.1, 0.15) is 5.56 Å². The van der Waals surface area contributed by atoms with Crippen LogP contribution in [-0.4, -0.2) is 23.8 Å². The van der Waals surface area contributed by atoms with Gasteiger partial charge in [0.05, 0.1) is 27.9 Å². The SMILES string of the molecule is COc1ccc(/C=N/NC(=O)Cn2c3ccccc3c(=O)c3ccccc32)cc1I. The molecule has 0 saturated carbocycles. The molecule has 3 aromatic carbocycles. The van der Waals surface area contributed by atoms with Crippen LogP contribution in [0.15, 0.2) is 76.6 Å². The molecule has 0 unspecified atom stereocenters. The number of rotatable bonds is 5. The highest BCUT2D eigenvalue weighted by Crippen LogP contribution is 2.21. The predicted molar refractivity (Wildman–Crippen MR) is 127 cm³/mol. The number of pyridine rings is 1. The maximum Gasteiger partial charge on any atom is 0.260 e. The van der Waals surface area contributed by atoms with Crippen molar-refractivity contribution in [1.29, 1.82) is 0 Å². The van der Waals surface area contributed by atoms with Crippen LogP contribution in [0.4, 0.5) is 0 Å². The first kappa shape index (κ1) is 20.1. The third-order valence-electron chi connectivity index (χ3n) is 4.76. The number of hydrogen-bond acceptors (Lipinski definition) is 4. The highest BCUT2D eigenvalue weighted by molar-refractivity contribution is 14.1. The van der Waals surface area contributed by atoms with Crippen LogP contribution in [0.25, 0.3) is 21.8 Å². The number of nitrogens with zero attached hydrogens (tertiary/aromatic N) is 2. The van der Waals surface area contributed by atoms with Crippen molar-refractivity contribution < 1.29 is 9.53 Å². The third kappa shape index (κ3) is 3.93. The molecule has 6 nitrogen and oxygen atoms in total. The minimum Gasteiger partial charge on any atom is -0.496 e. The fourth-order valence-corrected chi connectivity index (χ4v) is 4.13. The molecule has 7 heteroatoms. The Labute approximate surface area is 186 Å². The van der Waals surface area contributed by atoms with E-state index in [9.17, 15) is 9.59 Å². The fraction of sp³-hybridized carbons (Fsp3) is 0.0870. The zero-order valence-corrected chi connectivity index (χ0v) is 18.3. The summed E-state index contributed by atoms with van der Waals surface area (Å²) in [6, 6.07) is 20.2. The standard InChI is InChI=1S/C23H18IN3O3/c1-30-21-11-10-15(12-18(21)24)13-25-26-22(28)14-27-19-8-4-2-6-16(19)23(29)17-7-3-5-9-20(17)27/h2-13H,14H2,1H3,(H,26,28)/b25-13+. The topological polar surface area (TPSA) is 72.7 Å². The van der Waals surface area contributed by atoms with Gasteiger partial charge in [0.15, 0.2) is 5.43 Å². The van der Waals surface area contributed by atoms with Crippen molar-refractivity contribution >= 4 is 56.5 Å². The van der Waals surface area contributed by atoms with Gasteiger partial charge in [-0.1, -0.05) is 24.3 Å². The minimum atomic E-state index is -0.284. The van der Waals surface area contributed by atoms with Crippen LogP contribution >= 0.6 is 22.6 Å². The van der Waals surface area contributed by atoms with Gasteiger partial charge in [-0.05, 0) is 70.6 Å². The molecule has 4 aromatic rings. The van der Waals surface area contributed by atoms with Gasteiger partial charge in [-0.2, -0.15) is 5.10 Å². The van der Waals surface area contributed by atoms with Gasteiger partial charge in [-0.25, -0.2) is 5.43 Å². The van der Waals surface area contributed by atoms with E-state index in [4.69, 9.17) is 4.74 Å². The van der Waals surface area contributed by atoms with E-state index in [2.05, 4.69) is 33.1 Å². The molecule has 0 aliphatic rings. The summed E-state index contributed by atoms with van der Waals surface area (Å²) in [4.78, 5) is 25.4. The molecule has 0 aliphatic carbocycles. The summed E-state index contributed by atoms with van der Waals surface area (Å²) in [6.07, 6.45) is 1.58. The van der Waals surface area contributed by atoms with Gasteiger partial charge >= 0.3 is 0 Å². The second-order valence-electron chi connectivity index (χ2n) is 6.64. The highest BCUT2D eigenvalue weighted by atomic mass is 127. The van der Waals surface area contributed by atoms with Gasteiger partial charge in [0, 0.05) is 10.8 Å². The summed E-state index contributed by atoms with van der Waals surface area (Å²) in [7, 11) is 1.62. The van der Waals surface area contributed by atoms with E-state index in [-0.39, 0.29) is 17.9 Å². The van der Waals surface area contributed by atoms with Crippen molar-refractivity contribution in [3.8, 4) is 5.75 Å². The van der Waals surface area contributed by atoms with Crippen molar-refractivity contribution in [2.75, 3.05) is 7.11 Å². The molecule has 0 atom stereocenters. The molecule has 0 fully saturated rings. The van der Waals surface area contributed by atoms with Crippen LogP contribution in [0.2, 0.25) is 0 Å². The Balaban J connectivity index is 1.61. The highest BCUT2D eigenvalue weighted by Gasteiger charge is 2.12. The second kappa shape index (κ2) is 8.66. The minimum absolute atomic E-state index is 0.0370. The number of hydrazone groups is 1. The Hall–Kier alpha value is -3.20. The number of carbonyl (C=O) groups is 1. The maximum absolute atomic E-state index is 12.8. The van der Waals surface area contributed by atoms with Crippen molar-refractivity contribution in [2.45, 2.75) is 6.54 Å². The smallest absolute Gasteiger partial charge is 0.260 e. The molecular weight excluding hydrogens is 493 g/mol. The molecule has 0 bridgehead atoms. The summed E-state index contributed by atoms with van der Waals surface area (Å²) in [5.41, 5.74) is 4.81. The van der Waals surface area contributed by atoms with Crippen molar-refractivity contribution in [3.05, 3.63) is 86.1 Å². The lowest BCUT2D eigenvalue weighted by Gasteiger charge is -2.14. The number of hydrogen-bond donors (Lipinski definition) is 1. The van der Waals surface area contributed by atoms with Crippen LogP contribution in [0.5, 0.6) is 5.75 Å². The number of aromatic nitrogens is 1. The second-order valence-corrected chi connectivity index (χ2v) is 7.80. The molecule has 30 heavy (non-hydrogen) atoms. The van der Waals surface area contributed by atoms with Crippen molar-refractivity contribution in [3.63, 3.8) is 0 Å². The Kier molecular flexibility index (Phi) is 5.80. The summed E-state index contributed by atoms with van der Waals surface area (Å²) in [5, 5.41) is 5.24. The van der Waals surface area contributed by atoms with Gasteiger partial charge < -0.3 is 9.30 Å². The van der Waals surface area contributed by atoms with Gasteiger partial charge in [-0.15, -0.1) is 0 Å². The first-order valence-corrected chi connectivity index (χ1v) is 10.3. The van der Waals surface area contributed by atoms with Crippen LogP contribution in [-0.2, 0) is 11.3 Å². The van der Waals surface area contributed by atoms with E-state index in [0.29, 0.717) is 21.8 Å². The van der Waals surface area contributed by atoms with Crippen LogP contribution in [0, 0.1) is 3.57 Å². The van der Waals surface area contributed by atoms with Crippen molar-refractivity contribution in [2.24, 2.45) is 5.10 Å². The van der Waals surface area contributed by atoms with Gasteiger partial charge in [0.2, 0.25) is 0 Å². The average molecular weight is 511 g/mol. The number of halogens is 1. The monoisotopic (exact) mass is 511 g/mol. The third-order valence-corrected chi connectivity index (χ3v) is 5.60. The Morgan fingerprint density at radius 1 is 1.07 bits per heavy atom. The normalized spacial score (nSPS) is 11.3. The Morgan fingerprint density at radius 3 is 2.30 bits per heavy atom. The van der Waals surface area contributed by atoms with Crippen LogP contribution < -0.4 is 15.6 Å². The lowest BCUT2D eigenvalue weighted by atomic mass is 10.1. The van der Waals surface area contributed by atoms with Gasteiger partial charge in [0.1, 0.15) is 12.3 Å². The molecule has 0 spiro atoms. The lowest BCUT2D eigenvalue weighted by molar-refractivity contribution is -0.121. The number of ether oxygens (including phenoxy) is 1. The number of para-hydroxylation sites is 2. The quantitative estimate of drug-likeness (QED) is 0.191. The molecular formula is C23H18IN3O3. The molecule has 4 rings (SSSR count). The van der Waals surface area contributed by atoms with Crippen LogP contribution in [0.3, 0.4) is 0 Å². The van der Waals surface area contributed by atoms with E-state index in [0.717, 1.165) is 14.9 Å². The fourth-order valence-electron chi connectivity index (χ4n) is 3.37. The molecule has 0 aliphatic heterocycles. The Morgan fingerprint density at radius 2 is 1.70 bits per heavy atom. The predicted octanol–water partition coefficient (Wildman–Crippen LogP) is 3.92. The Bertz CT molecular complexity index is 1280. The number of fused-ring (bicyclic) bond motifs is 2. The number of benzene rings is 3. The van der Waals surface area contributed by atoms with Gasteiger partial charge in [-0.3, -0.25) is 9.59 Å². The number of carbonyl (C=O) groups excluding carboxylic acids is 1. The lowest BCUT2D eigenvalue weighted by Crippen LogP contribution is -2.25. The summed E-state index contributed by atoms with van der Waals surface area (Å²) >= 11 is 2.18. The first-order valence-electron chi connectivity index (χ1n) is 9.24. The summed E-state index contributed by atoms with van der Waals surface area (Å²) in [6.45, 7) is 0.0405. The number of methoxy groups -OCH3 is 1. The molecule has 1 amide bonds. The molecule has 1 N–H and O–H groups in total. The van der Waals surface area contributed by atoms with E-state index in [1.807, 2.05) is 59.2 Å². The zero-order chi connectivity index (χ0) is 21.1. The molecule has 1 heterocycles. The van der Waals surface area contributed by atoms with Crippen molar-refractivity contribution in [1.82, 2.24) is 9.99 Å². The van der Waals surface area contributed by atoms with E-state index in [1.54, 1.807) is 25.5 Å². The zero-order valence-electron chi connectivity index (χ0n) is 16.1. The largest absolute Gasteiger partial charge is 0.496 e. The maximum atomic E-state index is 12.8. The average Bonchev–Trinajstić information content (AvgIpc) is 2.77. The summed E-state index contributed by atoms with van der Waals surface area (Å²) in [5.74, 6) is 0.502. The van der Waals surface area contributed by atoms with E-state index >= 15 is 0 Å². The molecule has 1 aromatic heterocycles. The van der Waals surface area contributed by atoms with E-state index in [1.165, 1.54) is 0 Å². The molecule has 0 radical (unpaired) electrons. The first-order chi connectivity index (χ1) is 14.6. The molecule has 0 saturated heterocycles. The van der Waals surface area contributed by atoms with Gasteiger partial charge in [0.25, 0.3) is 5.91 Å².